The molecule has 0 saturated carbocycles. The summed E-state index contributed by atoms with van der Waals surface area (Å²) in [5.41, 5.74) is 12.7. The SMILES string of the molecule is CC1C=Cc2c(sc3c(-c4cccc(-c5ccc6oc7c(-c8cccc(-c9cccc%10c9sc9ccccc9%10)c8)ncnc7c6c5)c4)cccc23)C1. The molecule has 10 aromatic rings. The summed E-state index contributed by atoms with van der Waals surface area (Å²) in [5, 5.41) is 4.94. The van der Waals surface area contributed by atoms with Crippen molar-refractivity contribution in [3.63, 3.8) is 0 Å². The van der Waals surface area contributed by atoms with E-state index in [1.807, 2.05) is 22.7 Å². The lowest BCUT2D eigenvalue weighted by atomic mass is 9.94. The van der Waals surface area contributed by atoms with Crippen LogP contribution in [0.25, 0.3) is 103 Å². The molecule has 11 rings (SSSR count). The summed E-state index contributed by atoms with van der Waals surface area (Å²) in [5.74, 6) is 0.584. The Morgan fingerprint density at radius 1 is 0.596 bits per heavy atom. The van der Waals surface area contributed by atoms with Gasteiger partial charge in [-0.15, -0.1) is 22.7 Å². The molecule has 1 aliphatic rings. The van der Waals surface area contributed by atoms with Gasteiger partial charge in [-0.05, 0) is 81.6 Å². The van der Waals surface area contributed by atoms with E-state index in [-0.39, 0.29) is 0 Å². The highest BCUT2D eigenvalue weighted by atomic mass is 32.1. The van der Waals surface area contributed by atoms with Gasteiger partial charge in [-0.3, -0.25) is 0 Å². The molecule has 0 radical (unpaired) electrons. The van der Waals surface area contributed by atoms with E-state index in [0.29, 0.717) is 11.5 Å². The fraction of sp³-hybridized carbons (Fsp3) is 0.0638. The number of furan rings is 1. The second kappa shape index (κ2) is 11.6. The molecule has 0 amide bonds. The molecule has 0 N–H and O–H groups in total. The number of fused-ring (bicyclic) bond motifs is 9. The van der Waals surface area contributed by atoms with Crippen molar-refractivity contribution < 1.29 is 4.42 Å². The fourth-order valence-electron chi connectivity index (χ4n) is 8.01. The minimum absolute atomic E-state index is 0.584. The molecule has 0 bridgehead atoms. The Balaban J connectivity index is 0.990. The number of nitrogens with zero attached hydrogens (tertiary/aromatic N) is 2. The molecule has 1 unspecified atom stereocenters. The Hall–Kier alpha value is -5.88. The highest BCUT2D eigenvalue weighted by Crippen LogP contribution is 2.44. The van der Waals surface area contributed by atoms with E-state index in [1.165, 1.54) is 57.4 Å². The van der Waals surface area contributed by atoms with Gasteiger partial charge < -0.3 is 4.42 Å². The van der Waals surface area contributed by atoms with E-state index >= 15 is 0 Å². The maximum Gasteiger partial charge on any atom is 0.180 e. The number of allylic oxidation sites excluding steroid dienone is 1. The molecule has 4 aromatic heterocycles. The Kier molecular flexibility index (Phi) is 6.63. The summed E-state index contributed by atoms with van der Waals surface area (Å²) in [6.45, 7) is 2.30. The third kappa shape index (κ3) is 4.63. The first-order chi connectivity index (χ1) is 25.7. The fourth-order valence-corrected chi connectivity index (χ4v) is 10.7. The third-order valence-electron chi connectivity index (χ3n) is 10.5. The molecule has 5 heteroatoms. The van der Waals surface area contributed by atoms with Crippen LogP contribution in [0.4, 0.5) is 0 Å². The third-order valence-corrected chi connectivity index (χ3v) is 13.0. The first-order valence-corrected chi connectivity index (χ1v) is 19.3. The number of rotatable bonds is 4. The molecule has 0 fully saturated rings. The van der Waals surface area contributed by atoms with Crippen molar-refractivity contribution in [2.75, 3.05) is 0 Å². The van der Waals surface area contributed by atoms with Crippen molar-refractivity contribution in [1.82, 2.24) is 9.97 Å². The summed E-state index contributed by atoms with van der Waals surface area (Å²) in [6, 6.07) is 46.0. The van der Waals surface area contributed by atoms with E-state index < -0.39 is 0 Å². The van der Waals surface area contributed by atoms with Crippen LogP contribution >= 0.6 is 22.7 Å². The number of hydrogen-bond acceptors (Lipinski definition) is 5. The molecule has 0 aliphatic heterocycles. The van der Waals surface area contributed by atoms with Gasteiger partial charge in [0.1, 0.15) is 23.1 Å². The van der Waals surface area contributed by atoms with Gasteiger partial charge in [-0.25, -0.2) is 9.97 Å². The summed E-state index contributed by atoms with van der Waals surface area (Å²) < 4.78 is 10.5. The highest BCUT2D eigenvalue weighted by molar-refractivity contribution is 7.26. The highest BCUT2D eigenvalue weighted by Gasteiger charge is 2.20. The summed E-state index contributed by atoms with van der Waals surface area (Å²) in [6.07, 6.45) is 7.45. The minimum Gasteiger partial charge on any atom is -0.452 e. The van der Waals surface area contributed by atoms with Gasteiger partial charge in [0.15, 0.2) is 5.58 Å². The molecule has 1 aliphatic carbocycles. The van der Waals surface area contributed by atoms with Gasteiger partial charge >= 0.3 is 0 Å². The summed E-state index contributed by atoms with van der Waals surface area (Å²) >= 11 is 3.80. The smallest absolute Gasteiger partial charge is 0.180 e. The van der Waals surface area contributed by atoms with Gasteiger partial charge in [0.2, 0.25) is 0 Å². The van der Waals surface area contributed by atoms with Crippen LogP contribution in [0.15, 0.2) is 144 Å². The van der Waals surface area contributed by atoms with Crippen molar-refractivity contribution >= 4 is 81.1 Å². The molecule has 246 valence electrons. The van der Waals surface area contributed by atoms with Gasteiger partial charge in [-0.1, -0.05) is 116 Å². The van der Waals surface area contributed by atoms with Crippen molar-refractivity contribution in [3.05, 3.63) is 150 Å². The maximum atomic E-state index is 6.55. The van der Waals surface area contributed by atoms with E-state index in [2.05, 4.69) is 146 Å². The quantitative estimate of drug-likeness (QED) is 0.183. The standard InChI is InChI=1S/C47H30N2OS2/c1-27-18-20-36-38-16-7-13-33(47(38)52-42(36)22-27)30-9-4-8-28(23-30)29-19-21-40-39(25-29)44-45(50-40)43(48-26-49-44)32-11-5-10-31(24-32)34-14-6-15-37-35-12-2-3-17-41(35)51-46(34)37/h2-21,23-27H,22H2,1H3. The molecule has 0 spiro atoms. The zero-order chi connectivity index (χ0) is 34.3. The second-order valence-corrected chi connectivity index (χ2v) is 16.0. The number of benzene rings is 6. The zero-order valence-electron chi connectivity index (χ0n) is 28.3. The summed E-state index contributed by atoms with van der Waals surface area (Å²) in [4.78, 5) is 11.0. The van der Waals surface area contributed by atoms with Crippen LogP contribution in [-0.4, -0.2) is 9.97 Å². The normalized spacial score (nSPS) is 14.3. The van der Waals surface area contributed by atoms with Crippen molar-refractivity contribution in [1.29, 1.82) is 0 Å². The lowest BCUT2D eigenvalue weighted by molar-refractivity contribution is 0.667. The topological polar surface area (TPSA) is 38.9 Å². The Morgan fingerprint density at radius 2 is 1.29 bits per heavy atom. The predicted molar refractivity (Wildman–Crippen MR) is 221 cm³/mol. The van der Waals surface area contributed by atoms with Crippen LogP contribution in [0, 0.1) is 5.92 Å². The molecule has 1 atom stereocenters. The van der Waals surface area contributed by atoms with Gasteiger partial charge in [-0.2, -0.15) is 0 Å². The second-order valence-electron chi connectivity index (χ2n) is 13.8. The van der Waals surface area contributed by atoms with Crippen LogP contribution in [0.2, 0.25) is 0 Å². The zero-order valence-corrected chi connectivity index (χ0v) is 29.9. The first kappa shape index (κ1) is 29.8. The van der Waals surface area contributed by atoms with Crippen LogP contribution in [-0.2, 0) is 6.42 Å². The Morgan fingerprint density at radius 3 is 2.15 bits per heavy atom. The molecule has 3 nitrogen and oxygen atoms in total. The molecular weight excluding hydrogens is 673 g/mol. The monoisotopic (exact) mass is 702 g/mol. The van der Waals surface area contributed by atoms with Gasteiger partial charge in [0.25, 0.3) is 0 Å². The van der Waals surface area contributed by atoms with Crippen LogP contribution in [0.3, 0.4) is 0 Å². The van der Waals surface area contributed by atoms with Crippen LogP contribution in [0.5, 0.6) is 0 Å². The van der Waals surface area contributed by atoms with Crippen LogP contribution in [0.1, 0.15) is 17.4 Å². The van der Waals surface area contributed by atoms with Crippen molar-refractivity contribution in [2.45, 2.75) is 13.3 Å². The summed E-state index contributed by atoms with van der Waals surface area (Å²) in [7, 11) is 0. The van der Waals surface area contributed by atoms with E-state index in [9.17, 15) is 0 Å². The molecular formula is C47H30N2OS2. The molecule has 52 heavy (non-hydrogen) atoms. The van der Waals surface area contributed by atoms with E-state index in [4.69, 9.17) is 14.4 Å². The minimum atomic E-state index is 0.584. The van der Waals surface area contributed by atoms with Crippen molar-refractivity contribution in [3.8, 4) is 44.6 Å². The number of hydrogen-bond donors (Lipinski definition) is 0. The average molecular weight is 703 g/mol. The lowest BCUT2D eigenvalue weighted by Gasteiger charge is -2.10. The molecule has 0 saturated heterocycles. The predicted octanol–water partition coefficient (Wildman–Crippen LogP) is 13.8. The molecule has 4 heterocycles. The first-order valence-electron chi connectivity index (χ1n) is 17.7. The average Bonchev–Trinajstić information content (AvgIpc) is 3.88. The largest absolute Gasteiger partial charge is 0.452 e. The Bertz CT molecular complexity index is 3090. The van der Waals surface area contributed by atoms with Crippen LogP contribution < -0.4 is 0 Å². The Labute approximate surface area is 308 Å². The maximum absolute atomic E-state index is 6.55. The lowest BCUT2D eigenvalue weighted by Crippen LogP contribution is -1.99. The molecule has 6 aromatic carbocycles. The number of thiophene rings is 2. The van der Waals surface area contributed by atoms with E-state index in [1.54, 1.807) is 6.33 Å². The number of aromatic nitrogens is 2. The van der Waals surface area contributed by atoms with E-state index in [0.717, 1.165) is 50.9 Å². The van der Waals surface area contributed by atoms with Gasteiger partial charge in [0.05, 0.1) is 0 Å². The van der Waals surface area contributed by atoms with Crippen molar-refractivity contribution in [2.24, 2.45) is 5.92 Å². The van der Waals surface area contributed by atoms with Gasteiger partial charge in [0, 0.05) is 46.1 Å².